The van der Waals surface area contributed by atoms with Gasteiger partial charge in [-0.05, 0) is 26.8 Å². The normalized spacial score (nSPS) is 16.3. The van der Waals surface area contributed by atoms with E-state index < -0.39 is 43.0 Å². The topological polar surface area (TPSA) is 131 Å². The van der Waals surface area contributed by atoms with E-state index in [9.17, 15) is 30.3 Å². The maximum atomic E-state index is 13.3. The highest BCUT2D eigenvalue weighted by atomic mass is 16.5. The van der Waals surface area contributed by atoms with Crippen LogP contribution in [0.5, 0.6) is 0 Å². The highest BCUT2D eigenvalue weighted by Crippen LogP contribution is 2.20. The first-order valence-electron chi connectivity index (χ1n) is 19.0. The molecule has 8 nitrogen and oxygen atoms in total. The first-order chi connectivity index (χ1) is 21.8. The van der Waals surface area contributed by atoms with Crippen LogP contribution in [-0.2, 0) is 9.53 Å². The van der Waals surface area contributed by atoms with Gasteiger partial charge in [-0.3, -0.25) is 9.69 Å². The quantitative estimate of drug-likeness (QED) is 0.0411. The molecule has 0 bridgehead atoms. The van der Waals surface area contributed by atoms with Crippen LogP contribution in [0.1, 0.15) is 170 Å². The molecule has 6 atom stereocenters. The van der Waals surface area contributed by atoms with Crippen LogP contribution in [0.25, 0.3) is 0 Å². The second-order valence-corrected chi connectivity index (χ2v) is 13.1. The van der Waals surface area contributed by atoms with Crippen molar-refractivity contribution >= 4 is 5.97 Å². The molecule has 0 fully saturated rings. The smallest absolute Gasteiger partial charge is 0.326 e. The fraction of sp³-hybridized carbons (Fsp3) is 0.972. The maximum absolute atomic E-state index is 13.3. The molecule has 0 aromatic carbocycles. The molecule has 0 saturated carbocycles. The Bertz CT molecular complexity index is 659. The zero-order valence-corrected chi connectivity index (χ0v) is 28.8. The van der Waals surface area contributed by atoms with E-state index in [4.69, 9.17) is 6.11 Å². The number of ether oxygens (including phenoxy) is 1. The van der Waals surface area contributed by atoms with E-state index in [0.29, 0.717) is 12.8 Å². The monoisotopic (exact) mass is 633 g/mol. The highest BCUT2D eigenvalue weighted by Gasteiger charge is 2.42. The minimum atomic E-state index is -1.91. The SMILES string of the molecule is [2H]CN(C(C)CCCCCCCCCC)C(C(=O)OCCCCCCCCCCCCCCCC)[C@H](O)[C@@H](O)[C@H](O)[C@H](O)CO. The van der Waals surface area contributed by atoms with E-state index in [2.05, 4.69) is 13.8 Å². The molecule has 0 aromatic heterocycles. The number of aliphatic hydroxyl groups excluding tert-OH is 5. The van der Waals surface area contributed by atoms with Gasteiger partial charge < -0.3 is 30.3 Å². The van der Waals surface area contributed by atoms with Gasteiger partial charge in [0.25, 0.3) is 0 Å². The maximum Gasteiger partial charge on any atom is 0.326 e. The summed E-state index contributed by atoms with van der Waals surface area (Å²) in [6.07, 6.45) is 19.8. The van der Waals surface area contributed by atoms with Crippen LogP contribution in [0.3, 0.4) is 0 Å². The molecule has 0 saturated heterocycles. The van der Waals surface area contributed by atoms with Crippen molar-refractivity contribution in [2.75, 3.05) is 20.2 Å². The summed E-state index contributed by atoms with van der Waals surface area (Å²) in [7, 11) is -0.306. The third-order valence-corrected chi connectivity index (χ3v) is 8.99. The predicted molar refractivity (Wildman–Crippen MR) is 181 cm³/mol. The molecule has 0 aliphatic carbocycles. The second kappa shape index (κ2) is 29.6. The van der Waals surface area contributed by atoms with E-state index in [0.717, 1.165) is 38.5 Å². The minimum absolute atomic E-state index is 0.177. The first kappa shape index (κ1) is 41.3. The molecule has 8 heteroatoms. The number of carbonyl (C=O) groups is 1. The number of likely N-dealkylation sites (N-methyl/N-ethyl adjacent to an activating group) is 1. The van der Waals surface area contributed by atoms with Crippen LogP contribution < -0.4 is 0 Å². The molecule has 0 aromatic rings. The molecule has 44 heavy (non-hydrogen) atoms. The highest BCUT2D eigenvalue weighted by molar-refractivity contribution is 5.76. The Balaban J connectivity index is 4.74. The third kappa shape index (κ3) is 21.1. The van der Waals surface area contributed by atoms with Gasteiger partial charge in [0.05, 0.1) is 13.2 Å². The third-order valence-electron chi connectivity index (χ3n) is 8.99. The fourth-order valence-corrected chi connectivity index (χ4v) is 5.76. The molecule has 0 rings (SSSR count). The van der Waals surface area contributed by atoms with Gasteiger partial charge in [-0.2, -0.15) is 0 Å². The Morgan fingerprint density at radius 2 is 1.05 bits per heavy atom. The van der Waals surface area contributed by atoms with Crippen molar-refractivity contribution in [3.05, 3.63) is 0 Å². The molecule has 0 spiro atoms. The minimum Gasteiger partial charge on any atom is -0.464 e. The van der Waals surface area contributed by atoms with Crippen LogP contribution in [0, 0.1) is 0 Å². The van der Waals surface area contributed by atoms with Gasteiger partial charge in [0.1, 0.15) is 30.5 Å². The molecular weight excluding hydrogens is 558 g/mol. The van der Waals surface area contributed by atoms with Crippen LogP contribution in [0.2, 0.25) is 0 Å². The lowest BCUT2D eigenvalue weighted by Crippen LogP contribution is -2.58. The predicted octanol–water partition coefficient (Wildman–Crippen LogP) is 6.67. The first-order valence-corrected chi connectivity index (χ1v) is 18.3. The Morgan fingerprint density at radius 1 is 0.636 bits per heavy atom. The van der Waals surface area contributed by atoms with Crippen molar-refractivity contribution in [2.45, 2.75) is 205 Å². The van der Waals surface area contributed by atoms with Crippen molar-refractivity contribution in [1.29, 1.82) is 0 Å². The number of hydrogen-bond donors (Lipinski definition) is 5. The number of nitrogens with zero attached hydrogens (tertiary/aromatic N) is 1. The Hall–Kier alpha value is -0.770. The van der Waals surface area contributed by atoms with Gasteiger partial charge in [0.15, 0.2) is 0 Å². The summed E-state index contributed by atoms with van der Waals surface area (Å²) < 4.78 is 13.7. The molecule has 5 N–H and O–H groups in total. The molecule has 264 valence electrons. The van der Waals surface area contributed by atoms with E-state index in [1.54, 1.807) is 0 Å². The zero-order valence-electron chi connectivity index (χ0n) is 29.8. The Morgan fingerprint density at radius 3 is 1.45 bits per heavy atom. The van der Waals surface area contributed by atoms with Gasteiger partial charge in [0, 0.05) is 7.41 Å². The molecule has 0 amide bonds. The number of carbonyl (C=O) groups excluding carboxylic acids is 1. The Kier molecular flexibility index (Phi) is 27.8. The van der Waals surface area contributed by atoms with Gasteiger partial charge in [-0.15, -0.1) is 0 Å². The van der Waals surface area contributed by atoms with Crippen molar-refractivity contribution in [3.63, 3.8) is 0 Å². The van der Waals surface area contributed by atoms with Crippen LogP contribution >= 0.6 is 0 Å². The van der Waals surface area contributed by atoms with E-state index in [1.807, 2.05) is 6.92 Å². The molecule has 0 aliphatic rings. The summed E-state index contributed by atoms with van der Waals surface area (Å²) in [6.45, 7) is 5.71. The zero-order chi connectivity index (χ0) is 33.7. The molecule has 0 aliphatic heterocycles. The van der Waals surface area contributed by atoms with Crippen LogP contribution in [0.4, 0.5) is 0 Å². The fourth-order valence-electron chi connectivity index (χ4n) is 5.76. The molecule has 0 heterocycles. The van der Waals surface area contributed by atoms with E-state index in [-0.39, 0.29) is 19.7 Å². The van der Waals surface area contributed by atoms with Gasteiger partial charge in [0.2, 0.25) is 0 Å². The van der Waals surface area contributed by atoms with E-state index >= 15 is 0 Å². The Labute approximate surface area is 272 Å². The van der Waals surface area contributed by atoms with Crippen LogP contribution in [-0.4, -0.2) is 93.1 Å². The molecule has 2 unspecified atom stereocenters. The summed E-state index contributed by atoms with van der Waals surface area (Å²) in [5.41, 5.74) is 0. The summed E-state index contributed by atoms with van der Waals surface area (Å²) >= 11 is 0. The van der Waals surface area contributed by atoms with Crippen molar-refractivity contribution in [1.82, 2.24) is 4.90 Å². The largest absolute Gasteiger partial charge is 0.464 e. The van der Waals surface area contributed by atoms with Crippen molar-refractivity contribution < 1.29 is 36.4 Å². The van der Waals surface area contributed by atoms with Gasteiger partial charge >= 0.3 is 5.97 Å². The summed E-state index contributed by atoms with van der Waals surface area (Å²) in [5, 5.41) is 50.9. The lowest BCUT2D eigenvalue weighted by Gasteiger charge is -2.37. The number of esters is 1. The van der Waals surface area contributed by atoms with Gasteiger partial charge in [-0.1, -0.05) is 149 Å². The van der Waals surface area contributed by atoms with E-state index in [1.165, 1.54) is 101 Å². The summed E-state index contributed by atoms with van der Waals surface area (Å²) in [4.78, 5) is 14.8. The lowest BCUT2D eigenvalue weighted by molar-refractivity contribution is -0.168. The van der Waals surface area contributed by atoms with Crippen molar-refractivity contribution in [2.24, 2.45) is 0 Å². The second-order valence-electron chi connectivity index (χ2n) is 13.1. The average molecular weight is 633 g/mol. The number of rotatable bonds is 32. The summed E-state index contributed by atoms with van der Waals surface area (Å²) in [6, 6.07) is -1.63. The average Bonchev–Trinajstić information content (AvgIpc) is 3.04. The molecule has 0 radical (unpaired) electrons. The number of aliphatic hydroxyl groups is 5. The van der Waals surface area contributed by atoms with Crippen LogP contribution in [0.15, 0.2) is 0 Å². The number of hydrogen-bond acceptors (Lipinski definition) is 8. The molecular formula is C36H73NO7. The summed E-state index contributed by atoms with van der Waals surface area (Å²) in [5.74, 6) is -0.753. The standard InChI is InChI=1S/C36H73NO7/c1-5-7-9-11-13-15-16-17-18-19-20-22-24-26-28-44-36(43)32(34(41)35(42)33(40)31(39)29-38)37(4)30(3)27-25-23-21-14-12-10-8-6-2/h30-35,38-42H,5-29H2,1-4H3/t30?,31-,32?,33-,34+,35+/m1/s1/i4D. The van der Waals surface area contributed by atoms with Crippen molar-refractivity contribution in [3.8, 4) is 0 Å². The number of unbranched alkanes of at least 4 members (excludes halogenated alkanes) is 20. The van der Waals surface area contributed by atoms with Gasteiger partial charge in [-0.25, -0.2) is 0 Å². The lowest BCUT2D eigenvalue weighted by atomic mass is 9.95.